The minimum atomic E-state index is -4.43. The van der Waals surface area contributed by atoms with E-state index >= 15 is 0 Å². The number of amides is 1. The third-order valence-electron chi connectivity index (χ3n) is 4.76. The second-order valence-electron chi connectivity index (χ2n) is 6.72. The summed E-state index contributed by atoms with van der Waals surface area (Å²) in [5, 5.41) is 10.9. The van der Waals surface area contributed by atoms with Gasteiger partial charge in [-0.1, -0.05) is 12.1 Å². The molecule has 1 aromatic carbocycles. The lowest BCUT2D eigenvalue weighted by Gasteiger charge is -2.13. The van der Waals surface area contributed by atoms with Crippen molar-refractivity contribution in [3.05, 3.63) is 65.1 Å². The van der Waals surface area contributed by atoms with Crippen molar-refractivity contribution in [3.63, 3.8) is 0 Å². The number of pyridine rings is 1. The van der Waals surface area contributed by atoms with Gasteiger partial charge in [-0.15, -0.1) is 10.2 Å². The fraction of sp³-hybridized carbons (Fsp3) is 0.250. The Morgan fingerprint density at radius 1 is 1.10 bits per heavy atom. The zero-order chi connectivity index (χ0) is 20.8. The smallest absolute Gasteiger partial charge is 0.351 e. The third-order valence-corrected chi connectivity index (χ3v) is 4.76. The lowest BCUT2D eigenvalue weighted by molar-refractivity contribution is -0.137. The average molecular weight is 401 g/mol. The van der Waals surface area contributed by atoms with Crippen LogP contribution in [-0.4, -0.2) is 31.6 Å². The van der Waals surface area contributed by atoms with Gasteiger partial charge in [-0.2, -0.15) is 13.2 Å². The fourth-order valence-electron chi connectivity index (χ4n) is 3.48. The summed E-state index contributed by atoms with van der Waals surface area (Å²) in [5.74, 6) is 0.360. The number of aromatic nitrogens is 4. The molecule has 0 saturated carbocycles. The molecule has 0 aliphatic rings. The molecular formula is C20H18F3N5O. The van der Waals surface area contributed by atoms with E-state index in [1.165, 1.54) is 6.07 Å². The summed E-state index contributed by atoms with van der Waals surface area (Å²) in [6.45, 7) is 4.16. The number of halogens is 3. The monoisotopic (exact) mass is 401 g/mol. The first kappa shape index (κ1) is 19.0. The zero-order valence-electron chi connectivity index (χ0n) is 15.8. The summed E-state index contributed by atoms with van der Waals surface area (Å²) in [6, 6.07) is 10.4. The van der Waals surface area contributed by atoms with Crippen molar-refractivity contribution >= 4 is 22.6 Å². The number of hydrogen-bond acceptors (Lipinski definition) is 3. The molecule has 4 rings (SSSR count). The van der Waals surface area contributed by atoms with E-state index < -0.39 is 11.7 Å². The van der Waals surface area contributed by atoms with Crippen LogP contribution in [0.5, 0.6) is 0 Å². The normalized spacial score (nSPS) is 12.0. The van der Waals surface area contributed by atoms with Crippen LogP contribution in [0.2, 0.25) is 0 Å². The molecule has 150 valence electrons. The first-order chi connectivity index (χ1) is 13.8. The van der Waals surface area contributed by atoms with Crippen LogP contribution in [0.4, 0.5) is 13.2 Å². The van der Waals surface area contributed by atoms with Crippen LogP contribution in [-0.2, 0) is 12.7 Å². The van der Waals surface area contributed by atoms with Crippen LogP contribution in [0.25, 0.3) is 16.7 Å². The predicted molar refractivity (Wildman–Crippen MR) is 102 cm³/mol. The lowest BCUT2D eigenvalue weighted by atomic mass is 10.1. The molecule has 0 aliphatic carbocycles. The molecule has 0 saturated heterocycles. The van der Waals surface area contributed by atoms with Crippen LogP contribution in [0.3, 0.4) is 0 Å². The second-order valence-corrected chi connectivity index (χ2v) is 6.72. The van der Waals surface area contributed by atoms with Crippen molar-refractivity contribution in [1.82, 2.24) is 24.5 Å². The van der Waals surface area contributed by atoms with Gasteiger partial charge in [0.1, 0.15) is 11.5 Å². The molecule has 0 atom stereocenters. The number of nitrogens with one attached hydrogen (secondary N) is 1. The SMILES string of the molecule is CCNC(=O)c1cc2c(ccc3nnc(C)n32)n1Cc1cccc(C(F)(F)F)c1. The van der Waals surface area contributed by atoms with Gasteiger partial charge < -0.3 is 9.88 Å². The molecule has 6 nitrogen and oxygen atoms in total. The molecule has 0 fully saturated rings. The van der Waals surface area contributed by atoms with Crippen molar-refractivity contribution in [3.8, 4) is 0 Å². The van der Waals surface area contributed by atoms with Crippen LogP contribution in [0, 0.1) is 6.92 Å². The Balaban J connectivity index is 1.90. The number of carbonyl (C=O) groups excluding carboxylic acids is 1. The number of fused-ring (bicyclic) bond motifs is 3. The molecular weight excluding hydrogens is 383 g/mol. The summed E-state index contributed by atoms with van der Waals surface area (Å²) in [4.78, 5) is 12.7. The molecule has 0 radical (unpaired) electrons. The number of benzene rings is 1. The minimum Gasteiger partial charge on any atom is -0.351 e. The summed E-state index contributed by atoms with van der Waals surface area (Å²) in [7, 11) is 0. The maximum absolute atomic E-state index is 13.1. The highest BCUT2D eigenvalue weighted by Crippen LogP contribution is 2.30. The van der Waals surface area contributed by atoms with E-state index in [1.807, 2.05) is 4.40 Å². The highest BCUT2D eigenvalue weighted by atomic mass is 19.4. The first-order valence-corrected chi connectivity index (χ1v) is 9.08. The maximum Gasteiger partial charge on any atom is 0.416 e. The van der Waals surface area contributed by atoms with Gasteiger partial charge in [0.25, 0.3) is 5.91 Å². The standard InChI is InChI=1S/C20H18F3N5O/c1-3-24-19(29)17-10-16-15(7-8-18-26-25-12(2)28(16)18)27(17)11-13-5-4-6-14(9-13)20(21,22)23/h4-10H,3,11H2,1-2H3,(H,24,29). The number of hydrogen-bond donors (Lipinski definition) is 1. The minimum absolute atomic E-state index is 0.118. The Hall–Kier alpha value is -3.36. The Kier molecular flexibility index (Phi) is 4.52. The first-order valence-electron chi connectivity index (χ1n) is 9.08. The molecule has 0 spiro atoms. The van der Waals surface area contributed by atoms with E-state index in [0.717, 1.165) is 17.6 Å². The molecule has 0 unspecified atom stereocenters. The largest absolute Gasteiger partial charge is 0.416 e. The summed E-state index contributed by atoms with van der Waals surface area (Å²) in [6.07, 6.45) is -4.43. The van der Waals surface area contributed by atoms with Crippen molar-refractivity contribution in [2.45, 2.75) is 26.6 Å². The van der Waals surface area contributed by atoms with Gasteiger partial charge in [-0.3, -0.25) is 9.20 Å². The summed E-state index contributed by atoms with van der Waals surface area (Å²) in [5.41, 5.74) is 2.15. The fourth-order valence-corrected chi connectivity index (χ4v) is 3.48. The Morgan fingerprint density at radius 2 is 1.90 bits per heavy atom. The summed E-state index contributed by atoms with van der Waals surface area (Å²) < 4.78 is 42.8. The van der Waals surface area contributed by atoms with Crippen LogP contribution in [0.15, 0.2) is 42.5 Å². The van der Waals surface area contributed by atoms with Gasteiger partial charge in [0.15, 0.2) is 5.65 Å². The highest BCUT2D eigenvalue weighted by molar-refractivity contribution is 5.98. The highest BCUT2D eigenvalue weighted by Gasteiger charge is 2.30. The molecule has 9 heteroatoms. The number of alkyl halides is 3. The van der Waals surface area contributed by atoms with Gasteiger partial charge >= 0.3 is 6.18 Å². The van der Waals surface area contributed by atoms with Gasteiger partial charge in [-0.05, 0) is 49.7 Å². The van der Waals surface area contributed by atoms with Crippen LogP contribution in [0.1, 0.15) is 34.4 Å². The maximum atomic E-state index is 13.1. The number of aryl methyl sites for hydroxylation is 1. The van der Waals surface area contributed by atoms with E-state index in [2.05, 4.69) is 15.5 Å². The van der Waals surface area contributed by atoms with Gasteiger partial charge in [0.05, 0.1) is 16.6 Å². The van der Waals surface area contributed by atoms with E-state index in [0.29, 0.717) is 34.8 Å². The number of nitrogens with zero attached hydrogens (tertiary/aromatic N) is 4. The Morgan fingerprint density at radius 3 is 2.62 bits per heavy atom. The van der Waals surface area contributed by atoms with E-state index in [-0.39, 0.29) is 12.5 Å². The number of carbonyl (C=O) groups is 1. The molecule has 0 aliphatic heterocycles. The zero-order valence-corrected chi connectivity index (χ0v) is 15.8. The quantitative estimate of drug-likeness (QED) is 0.566. The van der Waals surface area contributed by atoms with Gasteiger partial charge in [0.2, 0.25) is 0 Å². The van der Waals surface area contributed by atoms with E-state index in [4.69, 9.17) is 0 Å². The lowest BCUT2D eigenvalue weighted by Crippen LogP contribution is -2.25. The van der Waals surface area contributed by atoms with Crippen molar-refractivity contribution in [2.75, 3.05) is 6.54 Å². The summed E-state index contributed by atoms with van der Waals surface area (Å²) >= 11 is 0. The van der Waals surface area contributed by atoms with Gasteiger partial charge in [-0.25, -0.2) is 0 Å². The average Bonchev–Trinajstić information content (AvgIpc) is 3.22. The van der Waals surface area contributed by atoms with Crippen LogP contribution < -0.4 is 5.32 Å². The van der Waals surface area contributed by atoms with Gasteiger partial charge in [0, 0.05) is 13.1 Å². The van der Waals surface area contributed by atoms with E-state index in [1.54, 1.807) is 42.7 Å². The van der Waals surface area contributed by atoms with Crippen molar-refractivity contribution < 1.29 is 18.0 Å². The van der Waals surface area contributed by atoms with Crippen molar-refractivity contribution in [1.29, 1.82) is 0 Å². The third kappa shape index (κ3) is 3.32. The van der Waals surface area contributed by atoms with Crippen molar-refractivity contribution in [2.24, 2.45) is 0 Å². The topological polar surface area (TPSA) is 64.2 Å². The van der Waals surface area contributed by atoms with E-state index in [9.17, 15) is 18.0 Å². The molecule has 29 heavy (non-hydrogen) atoms. The molecule has 0 bridgehead atoms. The molecule has 1 amide bonds. The van der Waals surface area contributed by atoms with Crippen LogP contribution >= 0.6 is 0 Å². The second kappa shape index (κ2) is 6.91. The predicted octanol–water partition coefficient (Wildman–Crippen LogP) is 3.81. The number of rotatable bonds is 4. The Labute approximate surface area is 164 Å². The molecule has 4 aromatic rings. The molecule has 3 aromatic heterocycles. The molecule has 3 heterocycles. The molecule has 1 N–H and O–H groups in total. The Bertz CT molecular complexity index is 1220.